The number of carbonyl (C=O) groups is 1. The number of halogens is 1. The lowest BCUT2D eigenvalue weighted by molar-refractivity contribution is 0.101. The fraction of sp³-hybridized carbons (Fsp3) is 0.0625. The Bertz CT molecular complexity index is 740. The van der Waals surface area contributed by atoms with Crippen LogP contribution < -0.4 is 0 Å². The summed E-state index contributed by atoms with van der Waals surface area (Å²) >= 11 is 7.84. The Labute approximate surface area is 120 Å². The molecule has 19 heavy (non-hydrogen) atoms. The highest BCUT2D eigenvalue weighted by molar-refractivity contribution is 7.22. The van der Waals surface area contributed by atoms with E-state index in [-0.39, 0.29) is 5.78 Å². The number of carbonyl (C=O) groups excluding carboxylic acids is 1. The summed E-state index contributed by atoms with van der Waals surface area (Å²) in [5.41, 5.74) is 1.52. The van der Waals surface area contributed by atoms with Crippen LogP contribution in [0.25, 0.3) is 20.5 Å². The topological polar surface area (TPSA) is 17.1 Å². The summed E-state index contributed by atoms with van der Waals surface area (Å²) in [5.74, 6) is -0.00180. The number of hydrogen-bond acceptors (Lipinski definition) is 2. The number of ketones is 1. The number of hydrogen-bond donors (Lipinski definition) is 0. The van der Waals surface area contributed by atoms with Crippen LogP contribution in [0.15, 0.2) is 48.5 Å². The minimum absolute atomic E-state index is 0.00180. The summed E-state index contributed by atoms with van der Waals surface area (Å²) in [5, 5.41) is 1.71. The molecule has 3 aromatic rings. The van der Waals surface area contributed by atoms with Crippen molar-refractivity contribution < 1.29 is 4.79 Å². The summed E-state index contributed by atoms with van der Waals surface area (Å²) in [6, 6.07) is 15.9. The Kier molecular flexibility index (Phi) is 3.13. The predicted molar refractivity (Wildman–Crippen MR) is 82.3 cm³/mol. The molecule has 2 aromatic carbocycles. The lowest BCUT2D eigenvalue weighted by atomic mass is 10.0. The molecule has 0 amide bonds. The third-order valence-electron chi connectivity index (χ3n) is 3.06. The molecule has 0 spiro atoms. The van der Waals surface area contributed by atoms with Gasteiger partial charge in [-0.15, -0.1) is 11.3 Å². The van der Waals surface area contributed by atoms with Crippen LogP contribution >= 0.6 is 22.9 Å². The van der Waals surface area contributed by atoms with Gasteiger partial charge in [0.25, 0.3) is 0 Å². The van der Waals surface area contributed by atoms with E-state index in [1.807, 2.05) is 24.3 Å². The zero-order valence-corrected chi connectivity index (χ0v) is 11.9. The number of benzene rings is 2. The normalized spacial score (nSPS) is 10.8. The lowest BCUT2D eigenvalue weighted by Crippen LogP contribution is -1.96. The molecule has 0 unspecified atom stereocenters. The molecule has 1 nitrogen and oxygen atoms in total. The number of fused-ring (bicyclic) bond motifs is 1. The molecule has 0 atom stereocenters. The monoisotopic (exact) mass is 286 g/mol. The Hall–Kier alpha value is -1.64. The fourth-order valence-corrected chi connectivity index (χ4v) is 3.60. The molecule has 0 saturated carbocycles. The van der Waals surface area contributed by atoms with Crippen LogP contribution in [0.2, 0.25) is 5.02 Å². The SMILES string of the molecule is CC(=O)c1c(Cl)cccc1-c1cc2ccccc2s1. The van der Waals surface area contributed by atoms with Gasteiger partial charge in [0.1, 0.15) is 0 Å². The summed E-state index contributed by atoms with van der Waals surface area (Å²) in [4.78, 5) is 12.9. The average Bonchev–Trinajstić information content (AvgIpc) is 2.81. The van der Waals surface area contributed by atoms with Gasteiger partial charge in [-0.05, 0) is 30.5 Å². The van der Waals surface area contributed by atoms with Crippen molar-refractivity contribution in [2.24, 2.45) is 0 Å². The molecule has 0 aliphatic carbocycles. The quantitative estimate of drug-likeness (QED) is 0.575. The molecular formula is C16H11ClOS. The van der Waals surface area contributed by atoms with Crippen molar-refractivity contribution in [3.8, 4) is 10.4 Å². The molecule has 0 aliphatic rings. The fourth-order valence-electron chi connectivity index (χ4n) is 2.20. The van der Waals surface area contributed by atoms with Crippen molar-refractivity contribution in [1.82, 2.24) is 0 Å². The molecule has 0 bridgehead atoms. The van der Waals surface area contributed by atoms with Crippen LogP contribution in [0.4, 0.5) is 0 Å². The van der Waals surface area contributed by atoms with Gasteiger partial charge >= 0.3 is 0 Å². The van der Waals surface area contributed by atoms with Crippen molar-refractivity contribution in [3.63, 3.8) is 0 Å². The zero-order chi connectivity index (χ0) is 13.4. The second-order valence-electron chi connectivity index (χ2n) is 4.37. The second-order valence-corrected chi connectivity index (χ2v) is 5.86. The third-order valence-corrected chi connectivity index (χ3v) is 4.52. The maximum absolute atomic E-state index is 11.8. The van der Waals surface area contributed by atoms with Gasteiger partial charge in [-0.25, -0.2) is 0 Å². The van der Waals surface area contributed by atoms with Gasteiger partial charge in [0.2, 0.25) is 0 Å². The largest absolute Gasteiger partial charge is 0.294 e. The van der Waals surface area contributed by atoms with Crippen LogP contribution in [0.1, 0.15) is 17.3 Å². The van der Waals surface area contributed by atoms with Gasteiger partial charge in [-0.3, -0.25) is 4.79 Å². The zero-order valence-electron chi connectivity index (χ0n) is 10.3. The Morgan fingerprint density at radius 1 is 1.11 bits per heavy atom. The average molecular weight is 287 g/mol. The van der Waals surface area contributed by atoms with Crippen LogP contribution in [-0.4, -0.2) is 5.78 Å². The molecule has 0 fully saturated rings. The maximum atomic E-state index is 11.8. The molecular weight excluding hydrogens is 276 g/mol. The van der Waals surface area contributed by atoms with Gasteiger partial charge in [-0.2, -0.15) is 0 Å². The van der Waals surface area contributed by atoms with Crippen molar-refractivity contribution >= 4 is 38.8 Å². The van der Waals surface area contributed by atoms with E-state index in [0.717, 1.165) is 10.4 Å². The molecule has 1 heterocycles. The van der Waals surface area contributed by atoms with E-state index in [1.54, 1.807) is 24.3 Å². The van der Waals surface area contributed by atoms with E-state index in [4.69, 9.17) is 11.6 Å². The van der Waals surface area contributed by atoms with Crippen molar-refractivity contribution in [3.05, 3.63) is 59.1 Å². The van der Waals surface area contributed by atoms with Gasteiger partial charge in [0.15, 0.2) is 5.78 Å². The summed E-state index contributed by atoms with van der Waals surface area (Å²) in [7, 11) is 0. The third kappa shape index (κ3) is 2.18. The standard InChI is InChI=1S/C16H11ClOS/c1-10(18)16-12(6-4-7-13(16)17)15-9-11-5-2-3-8-14(11)19-15/h2-9H,1H3. The molecule has 0 saturated heterocycles. The highest BCUT2D eigenvalue weighted by Gasteiger charge is 2.14. The Morgan fingerprint density at radius 2 is 1.89 bits per heavy atom. The molecule has 0 aliphatic heterocycles. The van der Waals surface area contributed by atoms with Crippen molar-refractivity contribution in [1.29, 1.82) is 0 Å². The molecule has 3 heteroatoms. The van der Waals surface area contributed by atoms with E-state index < -0.39 is 0 Å². The Morgan fingerprint density at radius 3 is 2.63 bits per heavy atom. The summed E-state index contributed by atoms with van der Waals surface area (Å²) in [6.45, 7) is 1.55. The van der Waals surface area contributed by atoms with Crippen LogP contribution in [0, 0.1) is 0 Å². The lowest BCUT2D eigenvalue weighted by Gasteiger charge is -2.06. The number of thiophene rings is 1. The summed E-state index contributed by atoms with van der Waals surface area (Å²) in [6.07, 6.45) is 0. The number of Topliss-reactive ketones (excluding diaryl/α,β-unsaturated/α-hetero) is 1. The first kappa shape index (κ1) is 12.4. The van der Waals surface area contributed by atoms with Crippen LogP contribution in [0.5, 0.6) is 0 Å². The molecule has 1 aromatic heterocycles. The van der Waals surface area contributed by atoms with Crippen molar-refractivity contribution in [2.45, 2.75) is 6.92 Å². The smallest absolute Gasteiger partial charge is 0.161 e. The van der Waals surface area contributed by atoms with Gasteiger partial charge in [0.05, 0.1) is 5.02 Å². The first-order valence-electron chi connectivity index (χ1n) is 5.95. The van der Waals surface area contributed by atoms with Gasteiger partial charge in [-0.1, -0.05) is 41.9 Å². The molecule has 94 valence electrons. The van der Waals surface area contributed by atoms with Crippen molar-refractivity contribution in [2.75, 3.05) is 0 Å². The second kappa shape index (κ2) is 4.80. The van der Waals surface area contributed by atoms with E-state index in [0.29, 0.717) is 10.6 Å². The molecule has 3 rings (SSSR count). The highest BCUT2D eigenvalue weighted by atomic mass is 35.5. The first-order chi connectivity index (χ1) is 9.16. The van der Waals surface area contributed by atoms with E-state index in [9.17, 15) is 4.79 Å². The summed E-state index contributed by atoms with van der Waals surface area (Å²) < 4.78 is 1.21. The molecule has 0 radical (unpaired) electrons. The minimum Gasteiger partial charge on any atom is -0.294 e. The maximum Gasteiger partial charge on any atom is 0.161 e. The minimum atomic E-state index is -0.00180. The first-order valence-corrected chi connectivity index (χ1v) is 7.14. The molecule has 0 N–H and O–H groups in total. The Balaban J connectivity index is 2.27. The highest BCUT2D eigenvalue weighted by Crippen LogP contribution is 2.37. The van der Waals surface area contributed by atoms with Crippen LogP contribution in [-0.2, 0) is 0 Å². The van der Waals surface area contributed by atoms with E-state index in [1.165, 1.54) is 10.1 Å². The van der Waals surface area contributed by atoms with E-state index in [2.05, 4.69) is 18.2 Å². The van der Waals surface area contributed by atoms with Gasteiger partial charge < -0.3 is 0 Å². The predicted octanol–water partition coefficient (Wildman–Crippen LogP) is 5.42. The van der Waals surface area contributed by atoms with Gasteiger partial charge in [0, 0.05) is 20.7 Å². The van der Waals surface area contributed by atoms with Crippen LogP contribution in [0.3, 0.4) is 0 Å². The van der Waals surface area contributed by atoms with E-state index >= 15 is 0 Å². The number of rotatable bonds is 2.